The van der Waals surface area contributed by atoms with Gasteiger partial charge in [-0.2, -0.15) is 0 Å². The Bertz CT molecular complexity index is 761. The molecule has 5 nitrogen and oxygen atoms in total. The van der Waals surface area contributed by atoms with E-state index in [1.165, 1.54) is 0 Å². The lowest BCUT2D eigenvalue weighted by molar-refractivity contribution is 0.0269. The quantitative estimate of drug-likeness (QED) is 0.794. The number of morpholine rings is 1. The number of aromatic nitrogens is 1. The van der Waals surface area contributed by atoms with E-state index in [2.05, 4.69) is 27.8 Å². The number of hydrogen-bond acceptors (Lipinski definition) is 5. The first-order valence-electron chi connectivity index (χ1n) is 8.03. The van der Waals surface area contributed by atoms with Crippen LogP contribution in [0.1, 0.15) is 17.2 Å². The van der Waals surface area contributed by atoms with Gasteiger partial charge in [-0.05, 0) is 29.8 Å². The molecule has 3 heterocycles. The zero-order valence-electron chi connectivity index (χ0n) is 13.3. The SMILES string of the molecule is C(#CC(c1ccc2c(c1)OCO2)N1CCOCC1)c1cccnc1. The summed E-state index contributed by atoms with van der Waals surface area (Å²) in [5, 5.41) is 0. The van der Waals surface area contributed by atoms with Crippen molar-refractivity contribution in [2.45, 2.75) is 6.04 Å². The minimum absolute atomic E-state index is 0.0105. The van der Waals surface area contributed by atoms with Gasteiger partial charge < -0.3 is 14.2 Å². The van der Waals surface area contributed by atoms with Gasteiger partial charge in [0.05, 0.1) is 19.3 Å². The van der Waals surface area contributed by atoms with Crippen LogP contribution in [0.5, 0.6) is 11.5 Å². The molecule has 0 bridgehead atoms. The van der Waals surface area contributed by atoms with Crippen molar-refractivity contribution in [1.29, 1.82) is 0 Å². The summed E-state index contributed by atoms with van der Waals surface area (Å²) in [6, 6.07) is 9.90. The van der Waals surface area contributed by atoms with Gasteiger partial charge in [-0.15, -0.1) is 0 Å². The number of fused-ring (bicyclic) bond motifs is 1. The van der Waals surface area contributed by atoms with Crippen LogP contribution in [0.25, 0.3) is 0 Å². The molecule has 2 aliphatic heterocycles. The first-order chi connectivity index (χ1) is 11.9. The van der Waals surface area contributed by atoms with E-state index in [4.69, 9.17) is 14.2 Å². The lowest BCUT2D eigenvalue weighted by Crippen LogP contribution is -2.38. The van der Waals surface area contributed by atoms with Crippen molar-refractivity contribution in [1.82, 2.24) is 9.88 Å². The highest BCUT2D eigenvalue weighted by Crippen LogP contribution is 2.35. The predicted molar refractivity (Wildman–Crippen MR) is 88.8 cm³/mol. The van der Waals surface area contributed by atoms with Gasteiger partial charge in [-0.1, -0.05) is 17.9 Å². The van der Waals surface area contributed by atoms with Crippen LogP contribution in [-0.4, -0.2) is 43.0 Å². The largest absolute Gasteiger partial charge is 0.454 e. The molecule has 1 unspecified atom stereocenters. The molecule has 5 heteroatoms. The van der Waals surface area contributed by atoms with Crippen molar-refractivity contribution in [2.75, 3.05) is 33.1 Å². The Morgan fingerprint density at radius 3 is 2.79 bits per heavy atom. The maximum absolute atomic E-state index is 5.52. The van der Waals surface area contributed by atoms with E-state index in [1.54, 1.807) is 12.4 Å². The zero-order chi connectivity index (χ0) is 16.2. The molecule has 24 heavy (non-hydrogen) atoms. The maximum Gasteiger partial charge on any atom is 0.231 e. The highest BCUT2D eigenvalue weighted by Gasteiger charge is 2.23. The van der Waals surface area contributed by atoms with Gasteiger partial charge in [0.1, 0.15) is 0 Å². The Hall–Kier alpha value is -2.55. The van der Waals surface area contributed by atoms with E-state index in [1.807, 2.05) is 24.3 Å². The van der Waals surface area contributed by atoms with Crippen molar-refractivity contribution in [3.63, 3.8) is 0 Å². The molecule has 0 radical (unpaired) electrons. The fraction of sp³-hybridized carbons (Fsp3) is 0.316. The average molecular weight is 322 g/mol. The van der Waals surface area contributed by atoms with Gasteiger partial charge >= 0.3 is 0 Å². The number of hydrogen-bond donors (Lipinski definition) is 0. The van der Waals surface area contributed by atoms with Gasteiger partial charge in [0.2, 0.25) is 6.79 Å². The maximum atomic E-state index is 5.52. The smallest absolute Gasteiger partial charge is 0.231 e. The Labute approximate surface area is 141 Å². The van der Waals surface area contributed by atoms with Gasteiger partial charge in [-0.3, -0.25) is 9.88 Å². The second-order valence-corrected chi connectivity index (χ2v) is 5.67. The Morgan fingerprint density at radius 2 is 1.96 bits per heavy atom. The van der Waals surface area contributed by atoms with Crippen LogP contribution in [0.4, 0.5) is 0 Å². The lowest BCUT2D eigenvalue weighted by atomic mass is 10.0. The third-order valence-electron chi connectivity index (χ3n) is 4.14. The summed E-state index contributed by atoms with van der Waals surface area (Å²) < 4.78 is 16.4. The summed E-state index contributed by atoms with van der Waals surface area (Å²) in [6.07, 6.45) is 3.53. The summed E-state index contributed by atoms with van der Waals surface area (Å²) >= 11 is 0. The first kappa shape index (κ1) is 15.0. The monoisotopic (exact) mass is 322 g/mol. The van der Waals surface area contributed by atoms with Crippen LogP contribution in [0.15, 0.2) is 42.7 Å². The molecule has 1 fully saturated rings. The van der Waals surface area contributed by atoms with Crippen molar-refractivity contribution in [3.8, 4) is 23.3 Å². The van der Waals surface area contributed by atoms with Gasteiger partial charge in [0, 0.05) is 31.0 Å². The van der Waals surface area contributed by atoms with E-state index >= 15 is 0 Å². The average Bonchev–Trinajstić information content (AvgIpc) is 3.12. The molecule has 0 saturated carbocycles. The molecule has 0 spiro atoms. The Kier molecular flexibility index (Phi) is 4.32. The molecule has 1 atom stereocenters. The van der Waals surface area contributed by atoms with Gasteiger partial charge in [0.15, 0.2) is 11.5 Å². The fourth-order valence-electron chi connectivity index (χ4n) is 2.89. The first-order valence-corrected chi connectivity index (χ1v) is 8.03. The molecule has 1 saturated heterocycles. The summed E-state index contributed by atoms with van der Waals surface area (Å²) in [7, 11) is 0. The summed E-state index contributed by atoms with van der Waals surface area (Å²) in [4.78, 5) is 6.46. The number of ether oxygens (including phenoxy) is 3. The summed E-state index contributed by atoms with van der Waals surface area (Å²) in [5.41, 5.74) is 2.02. The topological polar surface area (TPSA) is 43.8 Å². The molecular weight excluding hydrogens is 304 g/mol. The highest BCUT2D eigenvalue weighted by molar-refractivity contribution is 5.47. The zero-order valence-corrected chi connectivity index (χ0v) is 13.3. The molecule has 2 aromatic rings. The van der Waals surface area contributed by atoms with Crippen molar-refractivity contribution in [2.24, 2.45) is 0 Å². The third-order valence-corrected chi connectivity index (χ3v) is 4.14. The minimum atomic E-state index is -0.0105. The number of pyridine rings is 1. The van der Waals surface area contributed by atoms with Gasteiger partial charge in [-0.25, -0.2) is 0 Å². The molecule has 1 aromatic heterocycles. The van der Waals surface area contributed by atoms with Crippen LogP contribution in [0.2, 0.25) is 0 Å². The molecule has 0 aliphatic carbocycles. The molecular formula is C19H18N2O3. The molecule has 0 amide bonds. The highest BCUT2D eigenvalue weighted by atomic mass is 16.7. The molecule has 2 aliphatic rings. The van der Waals surface area contributed by atoms with Crippen LogP contribution in [0.3, 0.4) is 0 Å². The third kappa shape index (κ3) is 3.21. The van der Waals surface area contributed by atoms with E-state index < -0.39 is 0 Å². The van der Waals surface area contributed by atoms with Crippen LogP contribution < -0.4 is 9.47 Å². The van der Waals surface area contributed by atoms with Crippen LogP contribution >= 0.6 is 0 Å². The molecule has 122 valence electrons. The second-order valence-electron chi connectivity index (χ2n) is 5.67. The molecule has 4 rings (SSSR count). The van der Waals surface area contributed by atoms with E-state index in [9.17, 15) is 0 Å². The van der Waals surface area contributed by atoms with E-state index in [0.717, 1.165) is 48.9 Å². The normalized spacial score (nSPS) is 17.8. The Morgan fingerprint density at radius 1 is 1.08 bits per heavy atom. The molecule has 0 N–H and O–H groups in total. The number of nitrogens with zero attached hydrogens (tertiary/aromatic N) is 2. The lowest BCUT2D eigenvalue weighted by Gasteiger charge is -2.31. The minimum Gasteiger partial charge on any atom is -0.454 e. The fourth-order valence-corrected chi connectivity index (χ4v) is 2.89. The van der Waals surface area contributed by atoms with E-state index in [-0.39, 0.29) is 12.8 Å². The molecule has 1 aromatic carbocycles. The summed E-state index contributed by atoms with van der Waals surface area (Å²) in [5.74, 6) is 8.22. The van der Waals surface area contributed by atoms with Gasteiger partial charge in [0.25, 0.3) is 0 Å². The van der Waals surface area contributed by atoms with E-state index in [0.29, 0.717) is 0 Å². The Balaban J connectivity index is 1.66. The van der Waals surface area contributed by atoms with Crippen molar-refractivity contribution in [3.05, 3.63) is 53.9 Å². The number of benzene rings is 1. The predicted octanol–water partition coefficient (Wildman–Crippen LogP) is 2.24. The van der Waals surface area contributed by atoms with Crippen LogP contribution in [-0.2, 0) is 4.74 Å². The number of rotatable bonds is 2. The summed E-state index contributed by atoms with van der Waals surface area (Å²) in [6.45, 7) is 3.47. The van der Waals surface area contributed by atoms with Crippen LogP contribution in [0, 0.1) is 11.8 Å². The van der Waals surface area contributed by atoms with Crippen molar-refractivity contribution >= 4 is 0 Å². The van der Waals surface area contributed by atoms with Crippen molar-refractivity contribution < 1.29 is 14.2 Å². The standard InChI is InChI=1S/C19H18N2O3/c1-2-15(13-20-7-1)3-5-17(21-8-10-22-11-9-21)16-4-6-18-19(12-16)24-14-23-18/h1-2,4,6-7,12-13,17H,8-11,14H2. The second kappa shape index (κ2) is 6.91.